The van der Waals surface area contributed by atoms with E-state index in [2.05, 4.69) is 46.6 Å². The largest absolute Gasteiger partial charge is 0.493 e. The number of nitrogens with one attached hydrogen (secondary N) is 2. The maximum Gasteiger partial charge on any atom is 0.191 e. The maximum absolute atomic E-state index is 5.76. The van der Waals surface area contributed by atoms with Crippen LogP contribution in [0.4, 0.5) is 0 Å². The average molecular weight is 454 g/mol. The lowest BCUT2D eigenvalue weighted by molar-refractivity contribution is 0.271. The molecular formula is C19H27IN4O. The van der Waals surface area contributed by atoms with Gasteiger partial charge in [-0.05, 0) is 35.7 Å². The number of guanidine groups is 1. The van der Waals surface area contributed by atoms with Crippen molar-refractivity contribution in [2.24, 2.45) is 10.9 Å². The fourth-order valence-electron chi connectivity index (χ4n) is 2.09. The van der Waals surface area contributed by atoms with Gasteiger partial charge in [0.1, 0.15) is 5.75 Å². The van der Waals surface area contributed by atoms with Gasteiger partial charge < -0.3 is 15.4 Å². The van der Waals surface area contributed by atoms with Crippen LogP contribution in [-0.4, -0.2) is 24.6 Å². The van der Waals surface area contributed by atoms with Crippen molar-refractivity contribution in [1.29, 1.82) is 0 Å². The molecule has 1 aromatic carbocycles. The predicted octanol–water partition coefficient (Wildman–Crippen LogP) is 3.60. The zero-order chi connectivity index (χ0) is 17.2. The summed E-state index contributed by atoms with van der Waals surface area (Å²) in [4.78, 5) is 8.52. The molecule has 2 N–H and O–H groups in total. The molecule has 25 heavy (non-hydrogen) atoms. The summed E-state index contributed by atoms with van der Waals surface area (Å²) in [5.74, 6) is 2.16. The standard InChI is InChI=1S/C19H26N4O.HI/c1-15(2)14-24-18-9-6-7-16(11-18)12-22-19(20-3)23-13-17-8-4-5-10-21-17;/h4-11,15H,12-14H2,1-3H3,(H2,20,22,23);1H. The number of pyridine rings is 1. The highest BCUT2D eigenvalue weighted by Gasteiger charge is 2.02. The number of rotatable bonds is 7. The number of nitrogens with zero attached hydrogens (tertiary/aromatic N) is 2. The lowest BCUT2D eigenvalue weighted by atomic mass is 10.2. The molecule has 1 heterocycles. The number of hydrogen-bond acceptors (Lipinski definition) is 3. The van der Waals surface area contributed by atoms with Crippen molar-refractivity contribution >= 4 is 29.9 Å². The third-order valence-corrected chi connectivity index (χ3v) is 3.33. The second-order valence-electron chi connectivity index (χ2n) is 5.95. The first-order valence-corrected chi connectivity index (χ1v) is 8.23. The zero-order valence-electron chi connectivity index (χ0n) is 15.0. The molecule has 0 saturated carbocycles. The summed E-state index contributed by atoms with van der Waals surface area (Å²) >= 11 is 0. The molecule has 2 rings (SSSR count). The normalized spacial score (nSPS) is 11.0. The highest BCUT2D eigenvalue weighted by Crippen LogP contribution is 2.14. The third-order valence-electron chi connectivity index (χ3n) is 3.33. The summed E-state index contributed by atoms with van der Waals surface area (Å²) in [5.41, 5.74) is 2.13. The fraction of sp³-hybridized carbons (Fsp3) is 0.368. The van der Waals surface area contributed by atoms with Crippen LogP contribution in [0.5, 0.6) is 5.75 Å². The van der Waals surface area contributed by atoms with E-state index in [1.807, 2.05) is 30.3 Å². The smallest absolute Gasteiger partial charge is 0.191 e. The quantitative estimate of drug-likeness (QED) is 0.382. The first-order valence-electron chi connectivity index (χ1n) is 8.23. The van der Waals surface area contributed by atoms with Crippen LogP contribution in [0.25, 0.3) is 0 Å². The second-order valence-corrected chi connectivity index (χ2v) is 5.95. The molecule has 0 aliphatic rings. The van der Waals surface area contributed by atoms with Gasteiger partial charge in [0.2, 0.25) is 0 Å². The van der Waals surface area contributed by atoms with Gasteiger partial charge >= 0.3 is 0 Å². The van der Waals surface area contributed by atoms with E-state index in [9.17, 15) is 0 Å². The minimum Gasteiger partial charge on any atom is -0.493 e. The second kappa shape index (κ2) is 11.7. The van der Waals surface area contributed by atoms with Crippen LogP contribution < -0.4 is 15.4 Å². The Balaban J connectivity index is 0.00000312. The molecule has 5 nitrogen and oxygen atoms in total. The maximum atomic E-state index is 5.76. The van der Waals surface area contributed by atoms with E-state index in [0.29, 0.717) is 19.0 Å². The SMILES string of the molecule is CN=C(NCc1cccc(OCC(C)C)c1)NCc1ccccn1.I. The van der Waals surface area contributed by atoms with Crippen molar-refractivity contribution in [3.05, 3.63) is 59.9 Å². The van der Waals surface area contributed by atoms with Gasteiger partial charge in [-0.25, -0.2) is 0 Å². The predicted molar refractivity (Wildman–Crippen MR) is 113 cm³/mol. The molecule has 0 atom stereocenters. The summed E-state index contributed by atoms with van der Waals surface area (Å²) in [7, 11) is 1.76. The molecule has 0 amide bonds. The van der Waals surface area contributed by atoms with Gasteiger partial charge in [0.15, 0.2) is 5.96 Å². The van der Waals surface area contributed by atoms with E-state index in [1.54, 1.807) is 13.2 Å². The van der Waals surface area contributed by atoms with Gasteiger partial charge in [0, 0.05) is 19.8 Å². The van der Waals surface area contributed by atoms with Crippen LogP contribution >= 0.6 is 24.0 Å². The number of halogens is 1. The number of ether oxygens (including phenoxy) is 1. The first kappa shape index (κ1) is 21.2. The molecular weight excluding hydrogens is 427 g/mol. The van der Waals surface area contributed by atoms with Gasteiger partial charge in [-0.1, -0.05) is 32.0 Å². The molecule has 0 unspecified atom stereocenters. The Morgan fingerprint density at radius 2 is 1.92 bits per heavy atom. The molecule has 2 aromatic rings. The first-order chi connectivity index (χ1) is 11.7. The van der Waals surface area contributed by atoms with E-state index in [1.165, 1.54) is 0 Å². The Bertz CT molecular complexity index is 647. The van der Waals surface area contributed by atoms with Crippen LogP contribution in [0.1, 0.15) is 25.1 Å². The van der Waals surface area contributed by atoms with Crippen LogP contribution in [0, 0.1) is 5.92 Å². The molecule has 0 aliphatic carbocycles. The van der Waals surface area contributed by atoms with Gasteiger partial charge in [0.25, 0.3) is 0 Å². The topological polar surface area (TPSA) is 58.5 Å². The van der Waals surface area contributed by atoms with Crippen LogP contribution in [0.3, 0.4) is 0 Å². The molecule has 0 saturated heterocycles. The summed E-state index contributed by atoms with van der Waals surface area (Å²) in [6.07, 6.45) is 1.79. The van der Waals surface area contributed by atoms with Gasteiger partial charge in [-0.2, -0.15) is 0 Å². The van der Waals surface area contributed by atoms with Crippen LogP contribution in [0.15, 0.2) is 53.7 Å². The van der Waals surface area contributed by atoms with E-state index in [-0.39, 0.29) is 24.0 Å². The fourth-order valence-corrected chi connectivity index (χ4v) is 2.09. The number of aromatic nitrogens is 1. The Hall–Kier alpha value is -1.83. The molecule has 0 radical (unpaired) electrons. The molecule has 0 fully saturated rings. The van der Waals surface area contributed by atoms with E-state index in [0.717, 1.165) is 29.6 Å². The summed E-state index contributed by atoms with van der Waals surface area (Å²) < 4.78 is 5.76. The average Bonchev–Trinajstić information content (AvgIpc) is 2.61. The summed E-state index contributed by atoms with van der Waals surface area (Å²) in [6, 6.07) is 14.0. The molecule has 136 valence electrons. The summed E-state index contributed by atoms with van der Waals surface area (Å²) in [6.45, 7) is 6.33. The molecule has 0 bridgehead atoms. The molecule has 6 heteroatoms. The monoisotopic (exact) mass is 454 g/mol. The van der Waals surface area contributed by atoms with E-state index in [4.69, 9.17) is 4.74 Å². The molecule has 0 aliphatic heterocycles. The van der Waals surface area contributed by atoms with Gasteiger partial charge in [-0.3, -0.25) is 9.98 Å². The number of hydrogen-bond donors (Lipinski definition) is 2. The van der Waals surface area contributed by atoms with Gasteiger partial charge in [0.05, 0.1) is 18.8 Å². The zero-order valence-corrected chi connectivity index (χ0v) is 17.4. The Kier molecular flexibility index (Phi) is 9.91. The van der Waals surface area contributed by atoms with Crippen molar-refractivity contribution in [2.75, 3.05) is 13.7 Å². The minimum absolute atomic E-state index is 0. The van der Waals surface area contributed by atoms with Crippen molar-refractivity contribution in [2.45, 2.75) is 26.9 Å². The Morgan fingerprint density at radius 3 is 2.60 bits per heavy atom. The Morgan fingerprint density at radius 1 is 1.12 bits per heavy atom. The van der Waals surface area contributed by atoms with Crippen molar-refractivity contribution in [3.8, 4) is 5.75 Å². The lowest BCUT2D eigenvalue weighted by Crippen LogP contribution is -2.36. The van der Waals surface area contributed by atoms with Crippen LogP contribution in [0.2, 0.25) is 0 Å². The Labute approximate surface area is 167 Å². The number of aliphatic imine (C=N–C) groups is 1. The molecule has 1 aromatic heterocycles. The highest BCUT2D eigenvalue weighted by molar-refractivity contribution is 14.0. The lowest BCUT2D eigenvalue weighted by Gasteiger charge is -2.13. The summed E-state index contributed by atoms with van der Waals surface area (Å²) in [5, 5.41) is 6.56. The molecule has 0 spiro atoms. The highest BCUT2D eigenvalue weighted by atomic mass is 127. The van der Waals surface area contributed by atoms with E-state index >= 15 is 0 Å². The van der Waals surface area contributed by atoms with Crippen LogP contribution in [-0.2, 0) is 13.1 Å². The van der Waals surface area contributed by atoms with Crippen molar-refractivity contribution < 1.29 is 4.74 Å². The van der Waals surface area contributed by atoms with Crippen molar-refractivity contribution in [3.63, 3.8) is 0 Å². The minimum atomic E-state index is 0. The van der Waals surface area contributed by atoms with Crippen molar-refractivity contribution in [1.82, 2.24) is 15.6 Å². The van der Waals surface area contributed by atoms with Gasteiger partial charge in [-0.15, -0.1) is 24.0 Å². The third kappa shape index (κ3) is 8.20. The van der Waals surface area contributed by atoms with E-state index < -0.39 is 0 Å². The number of benzene rings is 1.